The first-order valence-electron chi connectivity index (χ1n) is 7.23. The maximum atomic E-state index is 12.1. The summed E-state index contributed by atoms with van der Waals surface area (Å²) in [4.78, 5) is 34.9. The number of ether oxygens (including phenoxy) is 1. The first-order chi connectivity index (χ1) is 11.3. The Kier molecular flexibility index (Phi) is 7.77. The summed E-state index contributed by atoms with van der Waals surface area (Å²) >= 11 is 6.08. The van der Waals surface area contributed by atoms with Gasteiger partial charge in [0.25, 0.3) is 5.91 Å². The molecule has 1 rings (SSSR count). The maximum Gasteiger partial charge on any atom is 0.312 e. The maximum absolute atomic E-state index is 12.1. The lowest BCUT2D eigenvalue weighted by Crippen LogP contribution is -2.38. The van der Waals surface area contributed by atoms with Crippen molar-refractivity contribution in [3.8, 4) is 0 Å². The van der Waals surface area contributed by atoms with Crippen LogP contribution < -0.4 is 16.4 Å². The smallest absolute Gasteiger partial charge is 0.312 e. The highest BCUT2D eigenvalue weighted by Crippen LogP contribution is 2.25. The van der Waals surface area contributed by atoms with Crippen molar-refractivity contribution >= 4 is 29.5 Å². The van der Waals surface area contributed by atoms with Crippen LogP contribution in [0.4, 0.5) is 4.79 Å². The Labute approximate surface area is 145 Å². The van der Waals surface area contributed by atoms with E-state index >= 15 is 0 Å². The van der Waals surface area contributed by atoms with E-state index in [0.717, 1.165) is 0 Å². The van der Waals surface area contributed by atoms with Crippen LogP contribution in [0.25, 0.3) is 0 Å². The van der Waals surface area contributed by atoms with Gasteiger partial charge in [-0.3, -0.25) is 9.59 Å². The molecule has 0 radical (unpaired) electrons. The number of carbonyl (C=O) groups is 3. The minimum absolute atomic E-state index is 0.217. The Morgan fingerprint density at radius 3 is 2.62 bits per heavy atom. The van der Waals surface area contributed by atoms with Crippen LogP contribution in [0.5, 0.6) is 0 Å². The van der Waals surface area contributed by atoms with Gasteiger partial charge in [0, 0.05) is 11.6 Å². The lowest BCUT2D eigenvalue weighted by Gasteiger charge is -2.20. The van der Waals surface area contributed by atoms with E-state index in [1.807, 2.05) is 0 Å². The van der Waals surface area contributed by atoms with Gasteiger partial charge in [0.1, 0.15) is 0 Å². The summed E-state index contributed by atoms with van der Waals surface area (Å²) in [7, 11) is 0. The van der Waals surface area contributed by atoms with Crippen LogP contribution >= 0.6 is 11.6 Å². The third-order valence-electron chi connectivity index (χ3n) is 3.07. The minimum Gasteiger partial charge on any atom is -0.452 e. The summed E-state index contributed by atoms with van der Waals surface area (Å²) in [6, 6.07) is 5.17. The molecular weight excluding hydrogens is 334 g/mol. The Bertz CT molecular complexity index is 621. The van der Waals surface area contributed by atoms with Crippen LogP contribution in [-0.4, -0.2) is 30.6 Å². The summed E-state index contributed by atoms with van der Waals surface area (Å²) < 4.78 is 5.06. The molecule has 7 nitrogen and oxygen atoms in total. The van der Waals surface area contributed by atoms with Gasteiger partial charge in [-0.25, -0.2) is 4.79 Å². The van der Waals surface area contributed by atoms with Crippen molar-refractivity contribution in [1.29, 1.82) is 0 Å². The first-order valence-corrected chi connectivity index (χ1v) is 7.61. The highest BCUT2D eigenvalue weighted by Gasteiger charge is 2.23. The zero-order valence-electron chi connectivity index (χ0n) is 13.3. The van der Waals surface area contributed by atoms with Crippen LogP contribution in [0.3, 0.4) is 0 Å². The fourth-order valence-electron chi connectivity index (χ4n) is 1.95. The molecule has 4 N–H and O–H groups in total. The predicted molar refractivity (Wildman–Crippen MR) is 90.3 cm³/mol. The van der Waals surface area contributed by atoms with E-state index < -0.39 is 30.1 Å². The lowest BCUT2D eigenvalue weighted by molar-refractivity contribution is -0.155. The average molecular weight is 354 g/mol. The number of hydrogen-bond acceptors (Lipinski definition) is 4. The van der Waals surface area contributed by atoms with Crippen molar-refractivity contribution in [2.75, 3.05) is 6.54 Å². The molecule has 0 saturated heterocycles. The fraction of sp³-hybridized carbons (Fsp3) is 0.312. The van der Waals surface area contributed by atoms with Crippen LogP contribution in [-0.2, 0) is 14.3 Å². The molecule has 3 amide bonds. The van der Waals surface area contributed by atoms with Gasteiger partial charge in [-0.2, -0.15) is 0 Å². The number of rotatable bonds is 8. The number of carbonyl (C=O) groups excluding carboxylic acids is 3. The zero-order chi connectivity index (χ0) is 18.1. The van der Waals surface area contributed by atoms with E-state index in [2.05, 4.69) is 17.2 Å². The van der Waals surface area contributed by atoms with Crippen molar-refractivity contribution in [2.45, 2.75) is 25.5 Å². The second-order valence-electron chi connectivity index (χ2n) is 4.95. The largest absolute Gasteiger partial charge is 0.452 e. The molecule has 130 valence electrons. The molecule has 1 aromatic rings. The molecular formula is C16H20ClN3O4. The van der Waals surface area contributed by atoms with Gasteiger partial charge in [0.15, 0.2) is 6.10 Å². The lowest BCUT2D eigenvalue weighted by atomic mass is 10.0. The summed E-state index contributed by atoms with van der Waals surface area (Å²) in [6.45, 7) is 5.19. The molecule has 24 heavy (non-hydrogen) atoms. The molecule has 0 fully saturated rings. The van der Waals surface area contributed by atoms with Gasteiger partial charge in [0.2, 0.25) is 0 Å². The molecule has 0 aliphatic carbocycles. The minimum atomic E-state index is -0.974. The number of nitrogens with two attached hydrogens (primary N) is 1. The number of esters is 1. The molecule has 1 aromatic carbocycles. The molecule has 0 bridgehead atoms. The van der Waals surface area contributed by atoms with Gasteiger partial charge in [0.05, 0.1) is 12.5 Å². The summed E-state index contributed by atoms with van der Waals surface area (Å²) in [5.74, 6) is -1.12. The number of amides is 3. The Balaban J connectivity index is 2.75. The number of hydrogen-bond donors (Lipinski definition) is 3. The fourth-order valence-corrected chi connectivity index (χ4v) is 2.22. The molecule has 8 heteroatoms. The van der Waals surface area contributed by atoms with Crippen LogP contribution in [0.15, 0.2) is 36.9 Å². The highest BCUT2D eigenvalue weighted by molar-refractivity contribution is 6.31. The van der Waals surface area contributed by atoms with Crippen molar-refractivity contribution in [2.24, 2.45) is 5.73 Å². The number of benzene rings is 1. The van der Waals surface area contributed by atoms with Crippen molar-refractivity contribution < 1.29 is 19.1 Å². The third-order valence-corrected chi connectivity index (χ3v) is 3.41. The summed E-state index contributed by atoms with van der Waals surface area (Å²) in [6.07, 6.45) is 0.320. The molecule has 0 aliphatic heterocycles. The molecule has 0 heterocycles. The van der Waals surface area contributed by atoms with Gasteiger partial charge in [-0.1, -0.05) is 35.9 Å². The molecule has 0 unspecified atom stereocenters. The quantitative estimate of drug-likeness (QED) is 0.487. The van der Waals surface area contributed by atoms with Gasteiger partial charge in [-0.15, -0.1) is 6.58 Å². The number of primary amides is 1. The van der Waals surface area contributed by atoms with Crippen molar-refractivity contribution in [3.05, 3.63) is 47.5 Å². The number of urea groups is 1. The van der Waals surface area contributed by atoms with Crippen LogP contribution in [0.1, 0.15) is 24.9 Å². The van der Waals surface area contributed by atoms with E-state index in [1.54, 1.807) is 24.3 Å². The van der Waals surface area contributed by atoms with E-state index in [0.29, 0.717) is 10.6 Å². The van der Waals surface area contributed by atoms with Gasteiger partial charge >= 0.3 is 12.0 Å². The van der Waals surface area contributed by atoms with Crippen LogP contribution in [0.2, 0.25) is 5.02 Å². The average Bonchev–Trinajstić information content (AvgIpc) is 2.51. The predicted octanol–water partition coefficient (Wildman–Crippen LogP) is 1.67. The first kappa shape index (κ1) is 19.5. The molecule has 0 aliphatic rings. The molecule has 0 aromatic heterocycles. The van der Waals surface area contributed by atoms with Crippen molar-refractivity contribution in [1.82, 2.24) is 10.6 Å². The second-order valence-corrected chi connectivity index (χ2v) is 5.36. The Morgan fingerprint density at radius 2 is 2.04 bits per heavy atom. The summed E-state index contributed by atoms with van der Waals surface area (Å²) in [5.41, 5.74) is 5.67. The normalized spacial score (nSPS) is 12.6. The van der Waals surface area contributed by atoms with Gasteiger partial charge < -0.3 is 21.1 Å². The monoisotopic (exact) mass is 353 g/mol. The number of nitrogens with one attached hydrogen (secondary N) is 2. The topological polar surface area (TPSA) is 111 Å². The Hall–Kier alpha value is -2.54. The van der Waals surface area contributed by atoms with Gasteiger partial charge in [-0.05, 0) is 18.6 Å². The van der Waals surface area contributed by atoms with E-state index in [4.69, 9.17) is 22.1 Å². The van der Waals surface area contributed by atoms with E-state index in [1.165, 1.54) is 13.0 Å². The Morgan fingerprint density at radius 1 is 1.38 bits per heavy atom. The molecule has 0 saturated carbocycles. The van der Waals surface area contributed by atoms with E-state index in [9.17, 15) is 14.4 Å². The van der Waals surface area contributed by atoms with E-state index in [-0.39, 0.29) is 13.0 Å². The van der Waals surface area contributed by atoms with Crippen LogP contribution in [0, 0.1) is 0 Å². The third kappa shape index (κ3) is 6.29. The SMILES string of the molecule is C=CCNC(=O)[C@@H](C)OC(=O)C[C@@H](NC(N)=O)c1ccccc1Cl. The molecule has 2 atom stereocenters. The highest BCUT2D eigenvalue weighted by atomic mass is 35.5. The molecule has 0 spiro atoms. The summed E-state index contributed by atoms with van der Waals surface area (Å²) in [5, 5.41) is 5.34. The zero-order valence-corrected chi connectivity index (χ0v) is 14.0. The van der Waals surface area contributed by atoms with Crippen molar-refractivity contribution in [3.63, 3.8) is 0 Å². The number of halogens is 1. The standard InChI is InChI=1S/C16H20ClN3O4/c1-3-8-19-15(22)10(2)24-14(21)9-13(20-16(18)23)11-6-4-5-7-12(11)17/h3-7,10,13H,1,8-9H2,2H3,(H,19,22)(H3,18,20,23)/t10-,13-/m1/s1. The second kappa shape index (κ2) is 9.57.